The van der Waals surface area contributed by atoms with Gasteiger partial charge in [0.1, 0.15) is 6.17 Å². The Bertz CT molecular complexity index is 446. The number of nitrogens with zero attached hydrogens (tertiary/aromatic N) is 1. The van der Waals surface area contributed by atoms with Crippen LogP contribution in [-0.2, 0) is 4.79 Å². The minimum Gasteiger partial charge on any atom is -0.322 e. The fourth-order valence-corrected chi connectivity index (χ4v) is 3.10. The number of likely N-dealkylation sites (N-methyl/N-ethyl adjacent to an activating group) is 1. The standard InChI is InChI=1S/C16H24N2OS/c1-4-6-7-14-16(19)18(5-2)15(17-14)12-8-10-13(20-3)11-9-12/h8-11,14-15,17H,4-7H2,1-3H3. The molecule has 0 aromatic heterocycles. The van der Waals surface area contributed by atoms with Gasteiger partial charge in [0.2, 0.25) is 5.91 Å². The van der Waals surface area contributed by atoms with Gasteiger partial charge >= 0.3 is 0 Å². The maximum absolute atomic E-state index is 12.4. The van der Waals surface area contributed by atoms with Crippen molar-refractivity contribution in [2.45, 2.75) is 50.2 Å². The van der Waals surface area contributed by atoms with Crippen molar-refractivity contribution in [1.29, 1.82) is 0 Å². The van der Waals surface area contributed by atoms with Gasteiger partial charge in [0.25, 0.3) is 0 Å². The van der Waals surface area contributed by atoms with Crippen LogP contribution in [0.1, 0.15) is 44.8 Å². The van der Waals surface area contributed by atoms with Crippen LogP contribution >= 0.6 is 11.8 Å². The van der Waals surface area contributed by atoms with E-state index in [2.05, 4.69) is 42.8 Å². The monoisotopic (exact) mass is 292 g/mol. The van der Waals surface area contributed by atoms with Gasteiger partial charge in [-0.2, -0.15) is 0 Å². The third-order valence-electron chi connectivity index (χ3n) is 3.87. The van der Waals surface area contributed by atoms with Gasteiger partial charge in [0.05, 0.1) is 6.04 Å². The molecule has 2 unspecified atom stereocenters. The van der Waals surface area contributed by atoms with Crippen molar-refractivity contribution >= 4 is 17.7 Å². The molecule has 1 aromatic rings. The molecule has 2 atom stereocenters. The highest BCUT2D eigenvalue weighted by molar-refractivity contribution is 7.98. The third kappa shape index (κ3) is 3.18. The first-order valence-corrected chi connectivity index (χ1v) is 8.64. The summed E-state index contributed by atoms with van der Waals surface area (Å²) in [6.07, 6.45) is 5.27. The molecule has 1 heterocycles. The summed E-state index contributed by atoms with van der Waals surface area (Å²) in [4.78, 5) is 15.6. The maximum atomic E-state index is 12.4. The Morgan fingerprint density at radius 3 is 2.50 bits per heavy atom. The van der Waals surface area contributed by atoms with E-state index in [1.807, 2.05) is 11.8 Å². The number of unbranched alkanes of at least 4 members (excludes halogenated alkanes) is 1. The zero-order chi connectivity index (χ0) is 14.5. The number of benzene rings is 1. The highest BCUT2D eigenvalue weighted by Crippen LogP contribution is 2.28. The van der Waals surface area contributed by atoms with Crippen LogP contribution in [0.5, 0.6) is 0 Å². The minimum atomic E-state index is -0.0138. The highest BCUT2D eigenvalue weighted by atomic mass is 32.2. The molecule has 1 N–H and O–H groups in total. The molecular weight excluding hydrogens is 268 g/mol. The lowest BCUT2D eigenvalue weighted by Crippen LogP contribution is -2.30. The lowest BCUT2D eigenvalue weighted by molar-refractivity contribution is -0.130. The summed E-state index contributed by atoms with van der Waals surface area (Å²) in [6, 6.07) is 8.49. The van der Waals surface area contributed by atoms with Gasteiger partial charge in [-0.1, -0.05) is 31.9 Å². The lowest BCUT2D eigenvalue weighted by atomic mass is 10.1. The quantitative estimate of drug-likeness (QED) is 0.815. The Morgan fingerprint density at radius 2 is 1.95 bits per heavy atom. The second-order valence-corrected chi connectivity index (χ2v) is 6.04. The average molecular weight is 292 g/mol. The molecule has 1 aliphatic rings. The zero-order valence-corrected chi connectivity index (χ0v) is 13.4. The molecular formula is C16H24N2OS. The van der Waals surface area contributed by atoms with E-state index < -0.39 is 0 Å². The number of hydrogen-bond donors (Lipinski definition) is 1. The average Bonchev–Trinajstić information content (AvgIpc) is 2.81. The summed E-state index contributed by atoms with van der Waals surface area (Å²) in [5.41, 5.74) is 1.18. The van der Waals surface area contributed by atoms with Crippen molar-refractivity contribution in [1.82, 2.24) is 10.2 Å². The predicted molar refractivity (Wildman–Crippen MR) is 84.8 cm³/mol. The van der Waals surface area contributed by atoms with Gasteiger partial charge < -0.3 is 4.90 Å². The van der Waals surface area contributed by atoms with Gasteiger partial charge in [0.15, 0.2) is 0 Å². The highest BCUT2D eigenvalue weighted by Gasteiger charge is 2.37. The number of amides is 1. The van der Waals surface area contributed by atoms with Crippen LogP contribution in [0.3, 0.4) is 0 Å². The third-order valence-corrected chi connectivity index (χ3v) is 4.61. The molecule has 0 radical (unpaired) electrons. The molecule has 0 saturated carbocycles. The normalized spacial score (nSPS) is 22.6. The summed E-state index contributed by atoms with van der Waals surface area (Å²) in [5.74, 6) is 0.250. The van der Waals surface area contributed by atoms with Crippen LogP contribution in [0.2, 0.25) is 0 Å². The molecule has 0 aliphatic carbocycles. The number of rotatable bonds is 6. The Hall–Kier alpha value is -1.00. The fourth-order valence-electron chi connectivity index (χ4n) is 2.70. The Labute approximate surface area is 126 Å². The van der Waals surface area contributed by atoms with E-state index in [1.165, 1.54) is 10.5 Å². The fraction of sp³-hybridized carbons (Fsp3) is 0.562. The van der Waals surface area contributed by atoms with Crippen molar-refractivity contribution in [2.75, 3.05) is 12.8 Å². The van der Waals surface area contributed by atoms with Crippen LogP contribution in [0, 0.1) is 0 Å². The van der Waals surface area contributed by atoms with E-state index in [0.717, 1.165) is 25.8 Å². The maximum Gasteiger partial charge on any atom is 0.241 e. The largest absolute Gasteiger partial charge is 0.322 e. The van der Waals surface area contributed by atoms with Crippen LogP contribution in [0.4, 0.5) is 0 Å². The van der Waals surface area contributed by atoms with E-state index in [1.54, 1.807) is 11.8 Å². The number of carbonyl (C=O) groups excluding carboxylic acids is 1. The number of carbonyl (C=O) groups is 1. The van der Waals surface area contributed by atoms with Crippen LogP contribution in [-0.4, -0.2) is 29.6 Å². The number of thioether (sulfide) groups is 1. The first-order valence-electron chi connectivity index (χ1n) is 7.41. The summed E-state index contributed by atoms with van der Waals surface area (Å²) in [6.45, 7) is 4.96. The van der Waals surface area contributed by atoms with E-state index in [9.17, 15) is 4.79 Å². The molecule has 1 amide bonds. The van der Waals surface area contributed by atoms with E-state index >= 15 is 0 Å². The molecule has 1 aromatic carbocycles. The molecule has 0 bridgehead atoms. The van der Waals surface area contributed by atoms with Gasteiger partial charge in [-0.25, -0.2) is 0 Å². The van der Waals surface area contributed by atoms with Crippen LogP contribution in [0.15, 0.2) is 29.2 Å². The molecule has 4 heteroatoms. The van der Waals surface area contributed by atoms with Gasteiger partial charge in [0, 0.05) is 11.4 Å². The van der Waals surface area contributed by atoms with E-state index in [-0.39, 0.29) is 18.1 Å². The van der Waals surface area contributed by atoms with E-state index in [4.69, 9.17) is 0 Å². The van der Waals surface area contributed by atoms with Gasteiger partial charge in [-0.3, -0.25) is 10.1 Å². The van der Waals surface area contributed by atoms with Crippen molar-refractivity contribution in [2.24, 2.45) is 0 Å². The molecule has 1 fully saturated rings. The summed E-state index contributed by atoms with van der Waals surface area (Å²) >= 11 is 1.74. The predicted octanol–water partition coefficient (Wildman–Crippen LogP) is 3.42. The van der Waals surface area contributed by atoms with Gasteiger partial charge in [-0.05, 0) is 37.3 Å². The summed E-state index contributed by atoms with van der Waals surface area (Å²) in [5, 5.41) is 3.50. The molecule has 3 nitrogen and oxygen atoms in total. The SMILES string of the molecule is CCCCC1NC(c2ccc(SC)cc2)N(CC)C1=O. The molecule has 2 rings (SSSR count). The zero-order valence-electron chi connectivity index (χ0n) is 12.6. The second-order valence-electron chi connectivity index (χ2n) is 5.16. The molecule has 110 valence electrons. The van der Waals surface area contributed by atoms with Crippen molar-refractivity contribution in [3.05, 3.63) is 29.8 Å². The number of hydrogen-bond acceptors (Lipinski definition) is 3. The Balaban J connectivity index is 2.14. The first-order chi connectivity index (χ1) is 9.71. The Kier molecular flexibility index (Phi) is 5.49. The van der Waals surface area contributed by atoms with Crippen LogP contribution in [0.25, 0.3) is 0 Å². The minimum absolute atomic E-state index is 0.0138. The summed E-state index contributed by atoms with van der Waals surface area (Å²) in [7, 11) is 0. The second kappa shape index (κ2) is 7.14. The van der Waals surface area contributed by atoms with Crippen molar-refractivity contribution < 1.29 is 4.79 Å². The summed E-state index contributed by atoms with van der Waals surface area (Å²) < 4.78 is 0. The molecule has 0 spiro atoms. The van der Waals surface area contributed by atoms with Gasteiger partial charge in [-0.15, -0.1) is 11.8 Å². The van der Waals surface area contributed by atoms with Crippen molar-refractivity contribution in [3.63, 3.8) is 0 Å². The number of nitrogens with one attached hydrogen (secondary N) is 1. The first kappa shape index (κ1) is 15.4. The smallest absolute Gasteiger partial charge is 0.241 e. The lowest BCUT2D eigenvalue weighted by Gasteiger charge is -2.23. The molecule has 1 aliphatic heterocycles. The topological polar surface area (TPSA) is 32.3 Å². The van der Waals surface area contributed by atoms with Crippen molar-refractivity contribution in [3.8, 4) is 0 Å². The molecule has 20 heavy (non-hydrogen) atoms. The molecule has 1 saturated heterocycles. The van der Waals surface area contributed by atoms with E-state index in [0.29, 0.717) is 0 Å². The Morgan fingerprint density at radius 1 is 1.25 bits per heavy atom. The van der Waals surface area contributed by atoms with Crippen LogP contribution < -0.4 is 5.32 Å².